The molecule has 5 amide bonds. The first-order valence-electron chi connectivity index (χ1n) is 16.0. The van der Waals surface area contributed by atoms with Crippen LogP contribution in [0.1, 0.15) is 64.5 Å². The van der Waals surface area contributed by atoms with E-state index in [1.165, 1.54) is 6.41 Å². The van der Waals surface area contributed by atoms with Crippen LogP contribution >= 0.6 is 0 Å². The third-order valence-corrected chi connectivity index (χ3v) is 6.68. The molecule has 0 bridgehead atoms. The summed E-state index contributed by atoms with van der Waals surface area (Å²) < 4.78 is 5.29. The van der Waals surface area contributed by atoms with Crippen LogP contribution in [0.25, 0.3) is 0 Å². The number of carbonyl (C=O) groups is 5. The fourth-order valence-corrected chi connectivity index (χ4v) is 4.25. The maximum Gasteiger partial charge on any atom is 0.411 e. The molecule has 2 aromatic rings. The Morgan fingerprint density at radius 3 is 1.88 bits per heavy atom. The molecule has 0 saturated heterocycles. The van der Waals surface area contributed by atoms with Crippen molar-refractivity contribution in [2.45, 2.75) is 78.5 Å². The van der Waals surface area contributed by atoms with Crippen LogP contribution in [0.15, 0.2) is 48.5 Å². The molecule has 2 atom stereocenters. The molecule has 11 N–H and O–H groups in total. The van der Waals surface area contributed by atoms with Crippen molar-refractivity contribution in [2.24, 2.45) is 28.5 Å². The number of nitrogens with two attached hydrogens (primary N) is 3. The largest absolute Gasteiger partial charge is 0.520 e. The predicted molar refractivity (Wildman–Crippen MR) is 194 cm³/mol. The number of benzene rings is 2. The number of unbranched alkanes of at least 4 members (excludes halogenated alkanes) is 1. The monoisotopic (exact) mass is 960 g/mol. The summed E-state index contributed by atoms with van der Waals surface area (Å²) >= 11 is 0. The fourth-order valence-electron chi connectivity index (χ4n) is 4.25. The average Bonchev–Trinajstić information content (AvgIpc) is 3.07. The van der Waals surface area contributed by atoms with Gasteiger partial charge < -0.3 is 52.6 Å². The summed E-state index contributed by atoms with van der Waals surface area (Å²) in [7, 11) is 2.89. The quantitative estimate of drug-likeness (QED) is 0.0468. The molecule has 0 fully saturated rings. The van der Waals surface area contributed by atoms with Crippen molar-refractivity contribution < 1.29 is 38.6 Å². The Balaban J connectivity index is -0.00000122. The Kier molecular flexibility index (Phi) is 28.2. The molecule has 0 aliphatic carbocycles. The second-order valence-corrected chi connectivity index (χ2v) is 12.0. The van der Waals surface area contributed by atoms with Gasteiger partial charge >= 0.3 is 6.09 Å². The molecule has 0 saturated carbocycles. The van der Waals surface area contributed by atoms with Crippen LogP contribution in [0, 0.1) is 11.3 Å². The van der Waals surface area contributed by atoms with Gasteiger partial charge in [0.1, 0.15) is 12.9 Å². The number of primary amides is 2. The maximum absolute atomic E-state index is 12.1. The molecule has 0 aliphatic heterocycles. The van der Waals surface area contributed by atoms with Gasteiger partial charge in [-0.3, -0.25) is 19.7 Å². The number of amides is 5. The van der Waals surface area contributed by atoms with Crippen LogP contribution in [0.5, 0.6) is 0 Å². The van der Waals surface area contributed by atoms with Crippen LogP contribution < -0.4 is 38.5 Å². The van der Waals surface area contributed by atoms with Gasteiger partial charge in [-0.25, -0.2) is 4.79 Å². The van der Waals surface area contributed by atoms with Crippen LogP contribution in [-0.2, 0) is 41.7 Å². The van der Waals surface area contributed by atoms with E-state index < -0.39 is 23.5 Å². The number of nitrogens with one attached hydrogen (secondary N) is 4. The van der Waals surface area contributed by atoms with Crippen molar-refractivity contribution in [1.29, 1.82) is 0 Å². The fraction of sp³-hybridized carbons (Fsp3) is 0.486. The summed E-state index contributed by atoms with van der Waals surface area (Å²) in [5.74, 6) is -0.528. The van der Waals surface area contributed by atoms with E-state index in [4.69, 9.17) is 26.1 Å². The van der Waals surface area contributed by atoms with Gasteiger partial charge in [0, 0.05) is 36.4 Å². The molecule has 16 heteroatoms. The smallest absolute Gasteiger partial charge is 0.411 e. The molecular weight excluding hydrogens is 903 g/mol. The number of rotatable bonds is 18. The third kappa shape index (κ3) is 24.9. The van der Waals surface area contributed by atoms with Crippen molar-refractivity contribution in [1.82, 2.24) is 10.6 Å². The van der Waals surface area contributed by atoms with Gasteiger partial charge in [-0.2, -0.15) is 6.41 Å². The number of aliphatic hydroxyl groups is 1. The molecule has 15 nitrogen and oxygen atoms in total. The number of aliphatic hydroxyl groups excluding tert-OH is 1. The molecule has 292 valence electrons. The van der Waals surface area contributed by atoms with E-state index in [-0.39, 0.29) is 30.9 Å². The number of carbonyl (C=O) groups excluding carboxylic acids is 6. The molecule has 0 spiro atoms. The number of ether oxygens (including phenoxy) is 1. The Hall–Kier alpha value is -5.86. The van der Waals surface area contributed by atoms with Gasteiger partial charge in [-0.05, 0) is 80.6 Å². The number of anilines is 2. The van der Waals surface area contributed by atoms with E-state index >= 15 is 0 Å². The topological polar surface area (TPSA) is 258 Å². The van der Waals surface area contributed by atoms with Gasteiger partial charge in [0.25, 0.3) is 0 Å². The first-order valence-corrected chi connectivity index (χ1v) is 16.0. The normalized spacial score (nSPS) is 11.1. The number of hydrogen-bond donors (Lipinski definition) is 8. The summed E-state index contributed by atoms with van der Waals surface area (Å²) in [5, 5.41) is 17.8. The summed E-state index contributed by atoms with van der Waals surface area (Å²) in [6.07, 6.45) is 5.60. The average molecular weight is 960 g/mol. The summed E-state index contributed by atoms with van der Waals surface area (Å²) in [5.41, 5.74) is 18.0. The summed E-state index contributed by atoms with van der Waals surface area (Å²) in [4.78, 5) is 64.1. The van der Waals surface area contributed by atoms with E-state index in [0.717, 1.165) is 43.9 Å². The van der Waals surface area contributed by atoms with Crippen LogP contribution in [0.2, 0.25) is 0 Å². The van der Waals surface area contributed by atoms with Crippen LogP contribution in [0.3, 0.4) is 0 Å². The second kappa shape index (κ2) is 29.1. The van der Waals surface area contributed by atoms with Crippen molar-refractivity contribution in [3.63, 3.8) is 0 Å². The molecule has 2 unspecified atom stereocenters. The molecule has 51 heavy (non-hydrogen) atoms. The molecule has 0 aromatic heterocycles. The molecule has 0 aliphatic rings. The van der Waals surface area contributed by atoms with Crippen molar-refractivity contribution in [3.8, 4) is 0 Å². The van der Waals surface area contributed by atoms with Gasteiger partial charge in [-0.1, -0.05) is 52.0 Å². The van der Waals surface area contributed by atoms with E-state index in [1.54, 1.807) is 38.1 Å². The van der Waals surface area contributed by atoms with E-state index in [1.807, 2.05) is 45.2 Å². The first kappa shape index (κ1) is 49.5. The van der Waals surface area contributed by atoms with Gasteiger partial charge in [0.05, 0.1) is 6.04 Å². The zero-order valence-corrected chi connectivity index (χ0v) is 32.7. The minimum Gasteiger partial charge on any atom is -0.520 e. The zero-order valence-electron chi connectivity index (χ0n) is 30.3. The second-order valence-electron chi connectivity index (χ2n) is 12.0. The van der Waals surface area contributed by atoms with Crippen molar-refractivity contribution in [2.75, 3.05) is 31.3 Å². The zero-order chi connectivity index (χ0) is 38.5. The van der Waals surface area contributed by atoms with Crippen molar-refractivity contribution in [3.05, 3.63) is 59.7 Å². The predicted octanol–water partition coefficient (Wildman–Crippen LogP) is 2.11. The molecule has 0 heterocycles. The minimum atomic E-state index is -0.600. The van der Waals surface area contributed by atoms with Gasteiger partial charge in [-0.15, -0.1) is 0 Å². The number of aldehydes is 1. The van der Waals surface area contributed by atoms with Gasteiger partial charge in [0.15, 0.2) is 0 Å². The summed E-state index contributed by atoms with van der Waals surface area (Å²) in [6.45, 7) is 8.35. The first-order chi connectivity index (χ1) is 23.7. The molecule has 2 aromatic carbocycles. The standard InChI is InChI=1S/C27H38N4O4.C6H11N2O2.CH3NO.CH4O.Fm/c1-27(2,19-32)17-22(28)16-20-7-11-24(12-8-20)31-26(34)35-18-21-9-13-23(14-10-21)30-25(33)6-4-5-15-29-3;1-4(2)5(6(7)10)8-3-9;2-1-3;1-2;/h7-14,19,22,29H,4-6,15-18,28H2,1-3H3,(H,30,33)(H,31,34);4-5H,1-2H3,(H2,7,10)(H,8,9);1H,(H2,2,3);2H,1H3;/q;-1;;;. The van der Waals surface area contributed by atoms with Gasteiger partial charge in [0.2, 0.25) is 18.2 Å². The van der Waals surface area contributed by atoms with E-state index in [2.05, 4.69) is 27.0 Å². The molecule has 0 radical (unpaired) electrons. The molecule has 2 rings (SSSR count). The SMILES string of the molecule is CC(C)C(N[C-]=O)C(N)=O.CNCCCCC(=O)Nc1ccc(COC(=O)Nc2ccc(CC(N)CC(C)(C)C=O)cc2)cc1.CO.NC=O.[Fm]. The maximum atomic E-state index is 12.1. The summed E-state index contributed by atoms with van der Waals surface area (Å²) in [6, 6.07) is 13.9. The van der Waals surface area contributed by atoms with Crippen molar-refractivity contribution >= 4 is 48.4 Å². The number of hydrogen-bond acceptors (Lipinski definition) is 10. The third-order valence-electron chi connectivity index (χ3n) is 6.68. The molecular formula is C35H56FmN7O8-. The minimum absolute atomic E-state index is 0. The Bertz CT molecular complexity index is 1260. The Morgan fingerprint density at radius 2 is 1.45 bits per heavy atom. The van der Waals surface area contributed by atoms with E-state index in [0.29, 0.717) is 30.6 Å². The van der Waals surface area contributed by atoms with E-state index in [9.17, 15) is 24.0 Å². The van der Waals surface area contributed by atoms with Crippen LogP contribution in [-0.4, -0.2) is 74.9 Å². The Labute approximate surface area is 295 Å². The van der Waals surface area contributed by atoms with Crippen LogP contribution in [0.4, 0.5) is 16.2 Å². The Morgan fingerprint density at radius 1 is 0.941 bits per heavy atom.